The molecule has 1 atom stereocenters. The second-order valence-corrected chi connectivity index (χ2v) is 8.85. The molecular formula is C28H22ClN3O7. The number of amides is 1. The number of nitrogens with one attached hydrogen (secondary N) is 1. The Morgan fingerprint density at radius 1 is 1.00 bits per heavy atom. The Morgan fingerprint density at radius 3 is 2.41 bits per heavy atom. The van der Waals surface area contributed by atoms with Crippen molar-refractivity contribution in [3.63, 3.8) is 0 Å². The van der Waals surface area contributed by atoms with Gasteiger partial charge in [-0.05, 0) is 66.7 Å². The molecule has 0 bridgehead atoms. The summed E-state index contributed by atoms with van der Waals surface area (Å²) in [6, 6.07) is 20.5. The van der Waals surface area contributed by atoms with E-state index in [9.17, 15) is 9.59 Å². The van der Waals surface area contributed by atoms with Crippen molar-refractivity contribution >= 4 is 29.5 Å². The summed E-state index contributed by atoms with van der Waals surface area (Å²) in [6.07, 6.45) is -1.65. The number of carboxylic acid groups (broad SMARTS) is 1. The molecule has 0 saturated heterocycles. The van der Waals surface area contributed by atoms with Gasteiger partial charge in [0.25, 0.3) is 5.91 Å². The number of rotatable bonds is 7. The summed E-state index contributed by atoms with van der Waals surface area (Å²) in [6.45, 7) is 0.296. The van der Waals surface area contributed by atoms with Crippen LogP contribution < -0.4 is 19.5 Å². The summed E-state index contributed by atoms with van der Waals surface area (Å²) in [5.74, 6) is 1.87. The first kappa shape index (κ1) is 25.8. The predicted octanol–water partition coefficient (Wildman–Crippen LogP) is 6.37. The minimum Gasteiger partial charge on any atom is -0.497 e. The van der Waals surface area contributed by atoms with Crippen molar-refractivity contribution in [3.05, 3.63) is 88.9 Å². The molecule has 11 heteroatoms. The Hall–Kier alpha value is -4.83. The van der Waals surface area contributed by atoms with E-state index in [1.807, 2.05) is 24.3 Å². The highest BCUT2D eigenvalue weighted by Crippen LogP contribution is 2.42. The largest absolute Gasteiger partial charge is 0.506 e. The van der Waals surface area contributed by atoms with E-state index in [2.05, 4.69) is 15.5 Å². The van der Waals surface area contributed by atoms with Crippen LogP contribution in [0.3, 0.4) is 0 Å². The van der Waals surface area contributed by atoms with Gasteiger partial charge in [0.2, 0.25) is 0 Å². The third-order valence-electron chi connectivity index (χ3n) is 5.93. The molecule has 3 aromatic carbocycles. The van der Waals surface area contributed by atoms with Crippen LogP contribution in [0.1, 0.15) is 28.4 Å². The Balaban J connectivity index is 1.23. The standard InChI is InChI=1S/C28H22ClN3O7/c1-36-18-6-2-16(3-7-18)22-10-11-26(32-31-22)30-27(33)17-4-8-19(9-5-17)38-25-15-24-20(14-21(25)29)23(12-13-37-24)39-28(34)35/h2-11,14-15,23H,12-13H2,1H3,(H,34,35)(H,30,32,33). The number of halogens is 1. The van der Waals surface area contributed by atoms with Crippen LogP contribution in [0.25, 0.3) is 11.3 Å². The van der Waals surface area contributed by atoms with Crippen molar-refractivity contribution in [1.82, 2.24) is 10.2 Å². The Labute approximate surface area is 228 Å². The van der Waals surface area contributed by atoms with Gasteiger partial charge in [-0.25, -0.2) is 4.79 Å². The SMILES string of the molecule is COc1ccc(-c2ccc(NC(=O)c3ccc(Oc4cc5c(cc4Cl)C(OC(=O)O)CCO5)cc3)nn2)cc1. The smallest absolute Gasteiger partial charge is 0.497 e. The maximum absolute atomic E-state index is 12.7. The second kappa shape index (κ2) is 11.3. The molecule has 2 heterocycles. The Kier molecular flexibility index (Phi) is 7.46. The molecule has 2 N–H and O–H groups in total. The average Bonchev–Trinajstić information content (AvgIpc) is 2.94. The molecule has 10 nitrogen and oxygen atoms in total. The van der Waals surface area contributed by atoms with Gasteiger partial charge in [0, 0.05) is 29.2 Å². The lowest BCUT2D eigenvalue weighted by Gasteiger charge is -2.25. The molecular weight excluding hydrogens is 526 g/mol. The van der Waals surface area contributed by atoms with Gasteiger partial charge in [0.15, 0.2) is 5.82 Å². The molecule has 1 aliphatic rings. The van der Waals surface area contributed by atoms with Crippen LogP contribution in [0.5, 0.6) is 23.0 Å². The van der Waals surface area contributed by atoms with Crippen LogP contribution in [-0.4, -0.2) is 41.1 Å². The van der Waals surface area contributed by atoms with Gasteiger partial charge >= 0.3 is 6.16 Å². The molecule has 1 amide bonds. The third-order valence-corrected chi connectivity index (χ3v) is 6.22. The minimum atomic E-state index is -1.37. The number of carbonyl (C=O) groups is 2. The van der Waals surface area contributed by atoms with Crippen molar-refractivity contribution in [2.45, 2.75) is 12.5 Å². The molecule has 39 heavy (non-hydrogen) atoms. The first-order valence-electron chi connectivity index (χ1n) is 11.8. The molecule has 0 saturated carbocycles. The summed E-state index contributed by atoms with van der Waals surface area (Å²) in [5, 5.41) is 20.2. The number of nitrogens with zero attached hydrogens (tertiary/aromatic N) is 2. The van der Waals surface area contributed by atoms with Crippen molar-refractivity contribution in [2.75, 3.05) is 19.0 Å². The molecule has 4 aromatic rings. The number of hydrogen-bond donors (Lipinski definition) is 2. The van der Waals surface area contributed by atoms with Gasteiger partial charge in [0.05, 0.1) is 24.4 Å². The highest BCUT2D eigenvalue weighted by molar-refractivity contribution is 6.32. The van der Waals surface area contributed by atoms with E-state index in [1.165, 1.54) is 0 Å². The quantitative estimate of drug-likeness (QED) is 0.253. The highest BCUT2D eigenvalue weighted by atomic mass is 35.5. The first-order chi connectivity index (χ1) is 18.9. The Bertz CT molecular complexity index is 1490. The van der Waals surface area contributed by atoms with Crippen LogP contribution >= 0.6 is 11.6 Å². The molecule has 1 unspecified atom stereocenters. The van der Waals surface area contributed by atoms with E-state index in [1.54, 1.807) is 55.6 Å². The zero-order chi connectivity index (χ0) is 27.4. The van der Waals surface area contributed by atoms with Crippen LogP contribution in [0, 0.1) is 0 Å². The van der Waals surface area contributed by atoms with Crippen LogP contribution in [0.4, 0.5) is 10.6 Å². The molecule has 1 aromatic heterocycles. The predicted molar refractivity (Wildman–Crippen MR) is 142 cm³/mol. The normalized spacial score (nSPS) is 13.9. The molecule has 0 fully saturated rings. The summed E-state index contributed by atoms with van der Waals surface area (Å²) in [7, 11) is 1.60. The minimum absolute atomic E-state index is 0.261. The van der Waals surface area contributed by atoms with E-state index in [4.69, 9.17) is 35.7 Å². The molecule has 198 valence electrons. The molecule has 0 radical (unpaired) electrons. The Morgan fingerprint density at radius 2 is 1.74 bits per heavy atom. The number of benzene rings is 3. The van der Waals surface area contributed by atoms with Gasteiger partial charge in [-0.3, -0.25) is 4.79 Å². The van der Waals surface area contributed by atoms with E-state index in [0.717, 1.165) is 11.3 Å². The van der Waals surface area contributed by atoms with Crippen molar-refractivity contribution in [2.24, 2.45) is 0 Å². The van der Waals surface area contributed by atoms with Crippen LogP contribution in [0.2, 0.25) is 5.02 Å². The van der Waals surface area contributed by atoms with Crippen molar-refractivity contribution in [3.8, 4) is 34.3 Å². The van der Waals surface area contributed by atoms with Gasteiger partial charge in [-0.2, -0.15) is 0 Å². The lowest BCUT2D eigenvalue weighted by Crippen LogP contribution is -2.18. The fourth-order valence-corrected chi connectivity index (χ4v) is 4.20. The second-order valence-electron chi connectivity index (χ2n) is 8.44. The van der Waals surface area contributed by atoms with Gasteiger partial charge in [0.1, 0.15) is 29.1 Å². The van der Waals surface area contributed by atoms with Gasteiger partial charge in [-0.1, -0.05) is 11.6 Å². The van der Waals surface area contributed by atoms with Gasteiger partial charge in [-0.15, -0.1) is 10.2 Å². The molecule has 0 spiro atoms. The van der Waals surface area contributed by atoms with Gasteiger partial charge < -0.3 is 29.4 Å². The summed E-state index contributed by atoms with van der Waals surface area (Å²) >= 11 is 6.38. The topological polar surface area (TPSA) is 129 Å². The van der Waals surface area contributed by atoms with Crippen molar-refractivity contribution < 1.29 is 33.6 Å². The molecule has 0 aliphatic carbocycles. The number of carbonyl (C=O) groups excluding carboxylic acids is 1. The van der Waals surface area contributed by atoms with E-state index in [-0.39, 0.29) is 10.9 Å². The summed E-state index contributed by atoms with van der Waals surface area (Å²) < 4.78 is 21.6. The summed E-state index contributed by atoms with van der Waals surface area (Å²) in [5.41, 5.74) is 2.45. The first-order valence-corrected chi connectivity index (χ1v) is 12.2. The maximum atomic E-state index is 12.7. The van der Waals surface area contributed by atoms with E-state index >= 15 is 0 Å². The number of ether oxygens (including phenoxy) is 4. The number of aromatic nitrogens is 2. The maximum Gasteiger partial charge on any atom is 0.506 e. The summed E-state index contributed by atoms with van der Waals surface area (Å²) in [4.78, 5) is 23.7. The van der Waals surface area contributed by atoms with Crippen molar-refractivity contribution in [1.29, 1.82) is 0 Å². The van der Waals surface area contributed by atoms with E-state index < -0.39 is 12.3 Å². The lowest BCUT2D eigenvalue weighted by atomic mass is 10.0. The zero-order valence-corrected chi connectivity index (χ0v) is 21.3. The highest BCUT2D eigenvalue weighted by Gasteiger charge is 2.27. The number of anilines is 1. The third kappa shape index (κ3) is 6.02. The fraction of sp³-hybridized carbons (Fsp3) is 0.143. The number of fused-ring (bicyclic) bond motifs is 1. The van der Waals surface area contributed by atoms with E-state index in [0.29, 0.717) is 52.9 Å². The monoisotopic (exact) mass is 547 g/mol. The fourth-order valence-electron chi connectivity index (χ4n) is 3.98. The number of hydrogen-bond acceptors (Lipinski definition) is 8. The number of methoxy groups -OCH3 is 1. The zero-order valence-electron chi connectivity index (χ0n) is 20.6. The molecule has 1 aliphatic heterocycles. The molecule has 5 rings (SSSR count). The average molecular weight is 548 g/mol. The van der Waals surface area contributed by atoms with Crippen LogP contribution in [0.15, 0.2) is 72.8 Å². The van der Waals surface area contributed by atoms with Crippen LogP contribution in [-0.2, 0) is 4.74 Å². The lowest BCUT2D eigenvalue weighted by molar-refractivity contribution is 0.0326.